The highest BCUT2D eigenvalue weighted by Gasteiger charge is 2.19. The molecule has 0 saturated heterocycles. The second-order valence-electron chi connectivity index (χ2n) is 4.54. The molecule has 0 radical (unpaired) electrons. The lowest BCUT2D eigenvalue weighted by Crippen LogP contribution is -2.31. The zero-order valence-corrected chi connectivity index (χ0v) is 10.7. The van der Waals surface area contributed by atoms with Crippen LogP contribution in [0.4, 0.5) is 0 Å². The van der Waals surface area contributed by atoms with Crippen molar-refractivity contribution in [2.45, 2.75) is 52.1 Å². The minimum atomic E-state index is -0.244. The van der Waals surface area contributed by atoms with E-state index in [4.69, 9.17) is 9.84 Å². The standard InChI is InChI=1S/C12H25NO3/c1-4-5-10-16-12(2,3)7-6-11(15)13-8-9-14/h14H,4-10H2,1-3H3,(H,13,15). The first-order valence-electron chi connectivity index (χ1n) is 6.03. The Balaban J connectivity index is 3.67. The average Bonchev–Trinajstić information content (AvgIpc) is 2.24. The number of carbonyl (C=O) groups excluding carboxylic acids is 1. The Labute approximate surface area is 98.4 Å². The molecule has 0 bridgehead atoms. The number of unbranched alkanes of at least 4 members (excludes halogenated alkanes) is 1. The molecule has 0 aromatic rings. The van der Waals surface area contributed by atoms with Crippen molar-refractivity contribution >= 4 is 5.91 Å². The Bertz CT molecular complexity index is 193. The van der Waals surface area contributed by atoms with Gasteiger partial charge in [0.25, 0.3) is 0 Å². The van der Waals surface area contributed by atoms with Crippen LogP contribution in [-0.2, 0) is 9.53 Å². The summed E-state index contributed by atoms with van der Waals surface area (Å²) in [6, 6.07) is 0. The molecule has 0 unspecified atom stereocenters. The maximum Gasteiger partial charge on any atom is 0.220 e. The minimum Gasteiger partial charge on any atom is -0.395 e. The summed E-state index contributed by atoms with van der Waals surface area (Å²) in [5.41, 5.74) is -0.244. The maximum atomic E-state index is 11.3. The summed E-state index contributed by atoms with van der Waals surface area (Å²) in [7, 11) is 0. The van der Waals surface area contributed by atoms with Crippen LogP contribution in [0.2, 0.25) is 0 Å². The van der Waals surface area contributed by atoms with Gasteiger partial charge in [-0.05, 0) is 26.7 Å². The highest BCUT2D eigenvalue weighted by atomic mass is 16.5. The van der Waals surface area contributed by atoms with Crippen LogP contribution in [0.5, 0.6) is 0 Å². The zero-order valence-electron chi connectivity index (χ0n) is 10.7. The van der Waals surface area contributed by atoms with E-state index in [9.17, 15) is 4.79 Å². The molecule has 0 saturated carbocycles. The van der Waals surface area contributed by atoms with Crippen LogP contribution >= 0.6 is 0 Å². The van der Waals surface area contributed by atoms with Gasteiger partial charge in [-0.2, -0.15) is 0 Å². The highest BCUT2D eigenvalue weighted by molar-refractivity contribution is 5.75. The summed E-state index contributed by atoms with van der Waals surface area (Å²) >= 11 is 0. The van der Waals surface area contributed by atoms with Crippen molar-refractivity contribution in [3.8, 4) is 0 Å². The number of hydrogen-bond acceptors (Lipinski definition) is 3. The molecular weight excluding hydrogens is 206 g/mol. The lowest BCUT2D eigenvalue weighted by atomic mass is 10.0. The molecule has 0 spiro atoms. The van der Waals surface area contributed by atoms with Crippen molar-refractivity contribution in [3.63, 3.8) is 0 Å². The molecule has 0 aliphatic rings. The lowest BCUT2D eigenvalue weighted by Gasteiger charge is -2.25. The number of rotatable bonds is 9. The Morgan fingerprint density at radius 3 is 2.69 bits per heavy atom. The molecule has 0 aromatic heterocycles. The van der Waals surface area contributed by atoms with Crippen molar-refractivity contribution in [1.82, 2.24) is 5.32 Å². The Hall–Kier alpha value is -0.610. The van der Waals surface area contributed by atoms with Crippen molar-refractivity contribution in [1.29, 1.82) is 0 Å². The van der Waals surface area contributed by atoms with Gasteiger partial charge in [0.1, 0.15) is 0 Å². The first-order chi connectivity index (χ1) is 7.52. The van der Waals surface area contributed by atoms with Gasteiger partial charge in [-0.3, -0.25) is 4.79 Å². The molecule has 0 aromatic carbocycles. The molecule has 0 rings (SSSR count). The number of nitrogens with one attached hydrogen (secondary N) is 1. The Morgan fingerprint density at radius 1 is 1.44 bits per heavy atom. The molecule has 0 fully saturated rings. The first kappa shape index (κ1) is 15.4. The number of carbonyl (C=O) groups is 1. The van der Waals surface area contributed by atoms with E-state index in [0.717, 1.165) is 19.4 Å². The summed E-state index contributed by atoms with van der Waals surface area (Å²) in [5, 5.41) is 11.2. The molecule has 0 heterocycles. The van der Waals surface area contributed by atoms with E-state index in [2.05, 4.69) is 12.2 Å². The molecule has 2 N–H and O–H groups in total. The number of hydrogen-bond donors (Lipinski definition) is 2. The van der Waals surface area contributed by atoms with Gasteiger partial charge in [0.2, 0.25) is 5.91 Å². The zero-order chi connectivity index (χ0) is 12.4. The summed E-state index contributed by atoms with van der Waals surface area (Å²) < 4.78 is 5.70. The van der Waals surface area contributed by atoms with Crippen molar-refractivity contribution in [3.05, 3.63) is 0 Å². The SMILES string of the molecule is CCCCOC(C)(C)CCC(=O)NCCO. The largest absolute Gasteiger partial charge is 0.395 e. The van der Waals surface area contributed by atoms with Crippen LogP contribution in [0.25, 0.3) is 0 Å². The van der Waals surface area contributed by atoms with E-state index in [1.54, 1.807) is 0 Å². The van der Waals surface area contributed by atoms with E-state index in [1.165, 1.54) is 0 Å². The quantitative estimate of drug-likeness (QED) is 0.591. The van der Waals surface area contributed by atoms with Crippen LogP contribution in [0.3, 0.4) is 0 Å². The highest BCUT2D eigenvalue weighted by Crippen LogP contribution is 2.17. The smallest absolute Gasteiger partial charge is 0.220 e. The van der Waals surface area contributed by atoms with Crippen LogP contribution in [0.1, 0.15) is 46.5 Å². The van der Waals surface area contributed by atoms with Crippen LogP contribution < -0.4 is 5.32 Å². The maximum absolute atomic E-state index is 11.3. The van der Waals surface area contributed by atoms with Crippen LogP contribution in [0.15, 0.2) is 0 Å². The normalized spacial score (nSPS) is 11.5. The van der Waals surface area contributed by atoms with Crippen molar-refractivity contribution in [2.24, 2.45) is 0 Å². The molecule has 0 atom stereocenters. The lowest BCUT2D eigenvalue weighted by molar-refractivity contribution is -0.123. The minimum absolute atomic E-state index is 0.0118. The fourth-order valence-electron chi connectivity index (χ4n) is 1.26. The Kier molecular flexibility index (Phi) is 8.21. The molecule has 4 heteroatoms. The van der Waals surface area contributed by atoms with E-state index in [0.29, 0.717) is 19.4 Å². The van der Waals surface area contributed by atoms with Gasteiger partial charge in [0.15, 0.2) is 0 Å². The monoisotopic (exact) mass is 231 g/mol. The van der Waals surface area contributed by atoms with Gasteiger partial charge in [-0.15, -0.1) is 0 Å². The molecule has 0 aliphatic heterocycles. The van der Waals surface area contributed by atoms with E-state index < -0.39 is 0 Å². The third-order valence-corrected chi connectivity index (χ3v) is 2.38. The van der Waals surface area contributed by atoms with E-state index in [1.807, 2.05) is 13.8 Å². The molecule has 4 nitrogen and oxygen atoms in total. The number of amides is 1. The third kappa shape index (κ3) is 8.68. The second-order valence-corrected chi connectivity index (χ2v) is 4.54. The summed E-state index contributed by atoms with van der Waals surface area (Å²) in [4.78, 5) is 11.3. The summed E-state index contributed by atoms with van der Waals surface area (Å²) in [6.45, 7) is 7.20. The molecular formula is C12H25NO3. The van der Waals surface area contributed by atoms with E-state index in [-0.39, 0.29) is 18.1 Å². The molecule has 1 amide bonds. The number of aliphatic hydroxyl groups excluding tert-OH is 1. The van der Waals surface area contributed by atoms with Gasteiger partial charge in [0, 0.05) is 19.6 Å². The van der Waals surface area contributed by atoms with Gasteiger partial charge in [-0.25, -0.2) is 0 Å². The fourth-order valence-corrected chi connectivity index (χ4v) is 1.26. The van der Waals surface area contributed by atoms with Gasteiger partial charge >= 0.3 is 0 Å². The number of aliphatic hydroxyl groups is 1. The predicted octanol–water partition coefficient (Wildman–Crippen LogP) is 1.47. The molecule has 16 heavy (non-hydrogen) atoms. The van der Waals surface area contributed by atoms with Crippen molar-refractivity contribution < 1.29 is 14.6 Å². The second kappa shape index (κ2) is 8.53. The third-order valence-electron chi connectivity index (χ3n) is 2.38. The van der Waals surface area contributed by atoms with Gasteiger partial charge in [0.05, 0.1) is 12.2 Å². The van der Waals surface area contributed by atoms with Crippen LogP contribution in [0, 0.1) is 0 Å². The predicted molar refractivity (Wildman–Crippen MR) is 64.3 cm³/mol. The topological polar surface area (TPSA) is 58.6 Å². The van der Waals surface area contributed by atoms with Gasteiger partial charge < -0.3 is 15.2 Å². The molecule has 96 valence electrons. The Morgan fingerprint density at radius 2 is 2.12 bits per heavy atom. The molecule has 0 aliphatic carbocycles. The first-order valence-corrected chi connectivity index (χ1v) is 6.03. The average molecular weight is 231 g/mol. The van der Waals surface area contributed by atoms with Crippen molar-refractivity contribution in [2.75, 3.05) is 19.8 Å². The number of ether oxygens (including phenoxy) is 1. The summed E-state index contributed by atoms with van der Waals surface area (Å²) in [5.74, 6) is -0.0267. The summed E-state index contributed by atoms with van der Waals surface area (Å²) in [6.07, 6.45) is 3.32. The van der Waals surface area contributed by atoms with E-state index >= 15 is 0 Å². The van der Waals surface area contributed by atoms with Crippen LogP contribution in [-0.4, -0.2) is 36.4 Å². The fraction of sp³-hybridized carbons (Fsp3) is 0.917. The van der Waals surface area contributed by atoms with Gasteiger partial charge in [-0.1, -0.05) is 13.3 Å².